The second-order valence-corrected chi connectivity index (χ2v) is 7.48. The van der Waals surface area contributed by atoms with Crippen molar-refractivity contribution < 1.29 is 4.39 Å². The third-order valence-corrected chi connectivity index (χ3v) is 6.22. The molecule has 6 heteroatoms. The average molecular weight is 414 g/mol. The van der Waals surface area contributed by atoms with Gasteiger partial charge in [-0.25, -0.2) is 4.39 Å². The molecule has 1 unspecified atom stereocenters. The molecule has 0 saturated heterocycles. The smallest absolute Gasteiger partial charge is 0.124 e. The van der Waals surface area contributed by atoms with E-state index in [4.69, 9.17) is 17.3 Å². The van der Waals surface area contributed by atoms with Crippen LogP contribution in [0.25, 0.3) is 0 Å². The van der Waals surface area contributed by atoms with Crippen LogP contribution in [0.5, 0.6) is 0 Å². The van der Waals surface area contributed by atoms with Crippen molar-refractivity contribution in [3.63, 3.8) is 0 Å². The molecule has 0 amide bonds. The van der Waals surface area contributed by atoms with Gasteiger partial charge in [0, 0.05) is 20.4 Å². The van der Waals surface area contributed by atoms with Gasteiger partial charge < -0.3 is 5.73 Å². The molecule has 2 aromatic rings. The Morgan fingerprint density at radius 3 is 2.61 bits per heavy atom. The maximum absolute atomic E-state index is 12.9. The standard InChI is InChI=1S/C12H9Br2ClFNS/c13-8-5-11(18-12(8)14)10(17)3-6-1-2-7(16)4-9(6)15/h1-2,4-5,10H,3,17H2. The first-order chi connectivity index (χ1) is 8.47. The van der Waals surface area contributed by atoms with E-state index >= 15 is 0 Å². The number of halogens is 4. The van der Waals surface area contributed by atoms with Crippen molar-refractivity contribution in [3.05, 3.63) is 53.8 Å². The molecule has 1 aromatic heterocycles. The Labute approximate surface area is 130 Å². The highest BCUT2D eigenvalue weighted by Gasteiger charge is 2.14. The Bertz CT molecular complexity index is 554. The molecule has 1 aromatic carbocycles. The van der Waals surface area contributed by atoms with Gasteiger partial charge >= 0.3 is 0 Å². The summed E-state index contributed by atoms with van der Waals surface area (Å²) in [4.78, 5) is 1.05. The maximum atomic E-state index is 12.9. The van der Waals surface area contributed by atoms with Gasteiger partial charge in [-0.2, -0.15) is 0 Å². The molecule has 1 nitrogen and oxygen atoms in total. The summed E-state index contributed by atoms with van der Waals surface area (Å²) >= 11 is 14.4. The van der Waals surface area contributed by atoms with E-state index in [1.165, 1.54) is 12.1 Å². The van der Waals surface area contributed by atoms with Gasteiger partial charge in [-0.3, -0.25) is 0 Å². The van der Waals surface area contributed by atoms with Crippen LogP contribution in [-0.4, -0.2) is 0 Å². The van der Waals surface area contributed by atoms with E-state index in [1.54, 1.807) is 17.4 Å². The number of hydrogen-bond acceptors (Lipinski definition) is 2. The van der Waals surface area contributed by atoms with Crippen molar-refractivity contribution in [3.8, 4) is 0 Å². The fourth-order valence-corrected chi connectivity index (χ4v) is 3.91. The lowest BCUT2D eigenvalue weighted by molar-refractivity contribution is 0.626. The minimum atomic E-state index is -0.334. The average Bonchev–Trinajstić information content (AvgIpc) is 2.63. The number of nitrogens with two attached hydrogens (primary N) is 1. The van der Waals surface area contributed by atoms with Gasteiger partial charge in [0.15, 0.2) is 0 Å². The van der Waals surface area contributed by atoms with Crippen molar-refractivity contribution >= 4 is 54.8 Å². The summed E-state index contributed by atoms with van der Waals surface area (Å²) < 4.78 is 14.9. The van der Waals surface area contributed by atoms with Crippen LogP contribution in [0.2, 0.25) is 5.02 Å². The molecule has 0 aliphatic heterocycles. The van der Waals surface area contributed by atoms with E-state index in [2.05, 4.69) is 31.9 Å². The zero-order valence-electron chi connectivity index (χ0n) is 9.09. The van der Waals surface area contributed by atoms with Gasteiger partial charge in [0.2, 0.25) is 0 Å². The third-order valence-electron chi connectivity index (χ3n) is 2.48. The maximum Gasteiger partial charge on any atom is 0.124 e. The van der Waals surface area contributed by atoms with Crippen molar-refractivity contribution in [1.29, 1.82) is 0 Å². The molecule has 2 N–H and O–H groups in total. The van der Waals surface area contributed by atoms with Crippen molar-refractivity contribution in [1.82, 2.24) is 0 Å². The van der Waals surface area contributed by atoms with Gasteiger partial charge in [0.1, 0.15) is 5.82 Å². The zero-order valence-corrected chi connectivity index (χ0v) is 13.8. The summed E-state index contributed by atoms with van der Waals surface area (Å²) in [6, 6.07) is 6.21. The van der Waals surface area contributed by atoms with Gasteiger partial charge in [-0.15, -0.1) is 11.3 Å². The summed E-state index contributed by atoms with van der Waals surface area (Å²) in [5.41, 5.74) is 6.99. The first-order valence-electron chi connectivity index (χ1n) is 5.11. The molecule has 0 fully saturated rings. The number of hydrogen-bond donors (Lipinski definition) is 1. The lowest BCUT2D eigenvalue weighted by atomic mass is 10.1. The van der Waals surface area contributed by atoms with E-state index in [-0.39, 0.29) is 11.9 Å². The minimum Gasteiger partial charge on any atom is -0.323 e. The monoisotopic (exact) mass is 411 g/mol. The second kappa shape index (κ2) is 6.01. The molecule has 1 heterocycles. The first kappa shape index (κ1) is 14.5. The summed E-state index contributed by atoms with van der Waals surface area (Å²) in [5.74, 6) is -0.334. The normalized spacial score (nSPS) is 12.7. The van der Waals surface area contributed by atoms with Crippen molar-refractivity contribution in [2.24, 2.45) is 5.73 Å². The number of rotatable bonds is 3. The van der Waals surface area contributed by atoms with E-state index < -0.39 is 0 Å². The molecular weight excluding hydrogens is 404 g/mol. The Balaban J connectivity index is 2.18. The number of benzene rings is 1. The molecule has 2 rings (SSSR count). The lowest BCUT2D eigenvalue weighted by Gasteiger charge is -2.10. The largest absolute Gasteiger partial charge is 0.323 e. The van der Waals surface area contributed by atoms with Gasteiger partial charge in [0.05, 0.1) is 3.79 Å². The predicted octanol–water partition coefficient (Wildman–Crippen LogP) is 5.31. The summed E-state index contributed by atoms with van der Waals surface area (Å²) in [6.45, 7) is 0. The van der Waals surface area contributed by atoms with E-state index in [9.17, 15) is 4.39 Å². The van der Waals surface area contributed by atoms with E-state index in [0.29, 0.717) is 11.4 Å². The fourth-order valence-electron chi connectivity index (χ4n) is 1.57. The Hall–Kier alpha value is 0.0600. The van der Waals surface area contributed by atoms with Crippen LogP contribution in [0, 0.1) is 5.82 Å². The van der Waals surface area contributed by atoms with Crippen LogP contribution in [0.15, 0.2) is 32.5 Å². The molecule has 96 valence electrons. The molecule has 0 aliphatic carbocycles. The molecule has 0 bridgehead atoms. The summed E-state index contributed by atoms with van der Waals surface area (Å²) in [7, 11) is 0. The molecule has 18 heavy (non-hydrogen) atoms. The zero-order chi connectivity index (χ0) is 13.3. The van der Waals surface area contributed by atoms with Gasteiger partial charge in [-0.1, -0.05) is 17.7 Å². The highest BCUT2D eigenvalue weighted by molar-refractivity contribution is 9.13. The second-order valence-electron chi connectivity index (χ2n) is 3.82. The quantitative estimate of drug-likeness (QED) is 0.725. The van der Waals surface area contributed by atoms with Crippen LogP contribution < -0.4 is 5.73 Å². The van der Waals surface area contributed by atoms with Crippen LogP contribution in [0.3, 0.4) is 0 Å². The minimum absolute atomic E-state index is 0.152. The fraction of sp³-hybridized carbons (Fsp3) is 0.167. The third kappa shape index (κ3) is 3.33. The topological polar surface area (TPSA) is 26.0 Å². The summed E-state index contributed by atoms with van der Waals surface area (Å²) in [6.07, 6.45) is 0.582. The Kier molecular flexibility index (Phi) is 4.83. The lowest BCUT2D eigenvalue weighted by Crippen LogP contribution is -2.12. The Morgan fingerprint density at radius 2 is 2.06 bits per heavy atom. The van der Waals surface area contributed by atoms with Crippen LogP contribution in [0.1, 0.15) is 16.5 Å². The highest BCUT2D eigenvalue weighted by Crippen LogP contribution is 2.36. The molecule has 0 spiro atoms. The van der Waals surface area contributed by atoms with Gasteiger partial charge in [-0.05, 0) is 62.0 Å². The molecule has 0 aliphatic rings. The van der Waals surface area contributed by atoms with Gasteiger partial charge in [0.25, 0.3) is 0 Å². The molecule has 0 radical (unpaired) electrons. The molecule has 0 saturated carbocycles. The Morgan fingerprint density at radius 1 is 1.33 bits per heavy atom. The van der Waals surface area contributed by atoms with Crippen molar-refractivity contribution in [2.45, 2.75) is 12.5 Å². The van der Waals surface area contributed by atoms with Crippen LogP contribution in [-0.2, 0) is 6.42 Å². The molecule has 1 atom stereocenters. The molecular formula is C12H9Br2ClFNS. The number of thiophene rings is 1. The SMILES string of the molecule is NC(Cc1ccc(F)cc1Cl)c1cc(Br)c(Br)s1. The highest BCUT2D eigenvalue weighted by atomic mass is 79.9. The summed E-state index contributed by atoms with van der Waals surface area (Å²) in [5, 5.41) is 0.417. The van der Waals surface area contributed by atoms with E-state index in [0.717, 1.165) is 18.7 Å². The van der Waals surface area contributed by atoms with Crippen LogP contribution >= 0.6 is 54.8 Å². The predicted molar refractivity (Wildman–Crippen MR) is 81.8 cm³/mol. The van der Waals surface area contributed by atoms with Crippen LogP contribution in [0.4, 0.5) is 4.39 Å². The van der Waals surface area contributed by atoms with Crippen molar-refractivity contribution in [2.75, 3.05) is 0 Å². The first-order valence-corrected chi connectivity index (χ1v) is 7.89. The van der Waals surface area contributed by atoms with E-state index in [1.807, 2.05) is 6.07 Å².